The number of aromatic nitrogens is 2. The fourth-order valence-corrected chi connectivity index (χ4v) is 1.46. The Balaban J connectivity index is 2.63. The number of carbonyl (C=O) groups excluding carboxylic acids is 1. The van der Waals surface area contributed by atoms with Crippen molar-refractivity contribution in [2.75, 3.05) is 13.6 Å². The number of rotatable bonds is 3. The quantitative estimate of drug-likeness (QED) is 0.714. The highest BCUT2D eigenvalue weighted by Crippen LogP contribution is 2.05. The lowest BCUT2D eigenvalue weighted by Crippen LogP contribution is -2.34. The fourth-order valence-electron chi connectivity index (χ4n) is 0.755. The highest BCUT2D eigenvalue weighted by atomic mass is 32.1. The number of amides is 1. The molecule has 0 unspecified atom stereocenters. The molecule has 1 rings (SSSR count). The molecule has 0 spiro atoms. The van der Waals surface area contributed by atoms with Crippen LogP contribution in [0.1, 0.15) is 9.67 Å². The maximum absolute atomic E-state index is 11.5. The molecular formula is C6H8N4OS2. The number of nitrogens with zero attached hydrogens (tertiary/aromatic N) is 3. The fraction of sp³-hybridized carbons (Fsp3) is 0.333. The molecule has 1 aromatic heterocycles. The average molecular weight is 216 g/mol. The summed E-state index contributed by atoms with van der Waals surface area (Å²) in [5, 5.41) is 3.56. The van der Waals surface area contributed by atoms with Gasteiger partial charge < -0.3 is 10.6 Å². The van der Waals surface area contributed by atoms with Gasteiger partial charge in [0, 0.05) is 7.05 Å². The summed E-state index contributed by atoms with van der Waals surface area (Å²) in [5.41, 5.74) is 5.29. The molecule has 0 aliphatic rings. The first-order valence-corrected chi connectivity index (χ1v) is 4.60. The van der Waals surface area contributed by atoms with E-state index in [4.69, 9.17) is 5.73 Å². The molecule has 0 radical (unpaired) electrons. The van der Waals surface area contributed by atoms with E-state index < -0.39 is 0 Å². The molecule has 1 aromatic rings. The second-order valence-corrected chi connectivity index (χ2v) is 3.72. The zero-order chi connectivity index (χ0) is 9.84. The second kappa shape index (κ2) is 4.24. The first-order valence-electron chi connectivity index (χ1n) is 3.42. The van der Waals surface area contributed by atoms with Gasteiger partial charge in [0.1, 0.15) is 4.88 Å². The lowest BCUT2D eigenvalue weighted by Gasteiger charge is -2.13. The van der Waals surface area contributed by atoms with E-state index in [9.17, 15) is 4.79 Å². The molecule has 70 valence electrons. The number of carbonyl (C=O) groups is 1. The van der Waals surface area contributed by atoms with Gasteiger partial charge in [-0.25, -0.2) is 0 Å². The minimum absolute atomic E-state index is 0.164. The Labute approximate surface area is 84.7 Å². The molecular weight excluding hydrogens is 208 g/mol. The normalized spacial score (nSPS) is 9.62. The minimum Gasteiger partial charge on any atom is -0.392 e. The molecule has 0 aromatic carbocycles. The molecule has 1 heterocycles. The van der Waals surface area contributed by atoms with Crippen LogP contribution in [-0.4, -0.2) is 39.0 Å². The van der Waals surface area contributed by atoms with Crippen LogP contribution in [0.25, 0.3) is 0 Å². The maximum atomic E-state index is 11.5. The van der Waals surface area contributed by atoms with Gasteiger partial charge in [-0.15, -0.1) is 5.10 Å². The Bertz CT molecular complexity index is 310. The number of nitrogens with two attached hydrogens (primary N) is 1. The smallest absolute Gasteiger partial charge is 0.267 e. The molecule has 5 nitrogen and oxygen atoms in total. The van der Waals surface area contributed by atoms with Crippen LogP contribution in [0.5, 0.6) is 0 Å². The molecule has 0 saturated carbocycles. The van der Waals surface area contributed by atoms with Crippen molar-refractivity contribution in [2.24, 2.45) is 5.73 Å². The predicted molar refractivity (Wildman–Crippen MR) is 53.7 cm³/mol. The number of hydrogen-bond donors (Lipinski definition) is 1. The van der Waals surface area contributed by atoms with Crippen LogP contribution in [0.4, 0.5) is 0 Å². The van der Waals surface area contributed by atoms with Crippen molar-refractivity contribution in [1.82, 2.24) is 14.5 Å². The third-order valence-corrected chi connectivity index (χ3v) is 2.09. The minimum atomic E-state index is -0.164. The molecule has 0 bridgehead atoms. The van der Waals surface area contributed by atoms with E-state index in [2.05, 4.69) is 21.8 Å². The van der Waals surface area contributed by atoms with Crippen LogP contribution in [-0.2, 0) is 0 Å². The van der Waals surface area contributed by atoms with Crippen LogP contribution < -0.4 is 5.73 Å². The SMILES string of the molecule is CN(CC(N)=S)C(=O)c1cnns1. The lowest BCUT2D eigenvalue weighted by atomic mass is 10.4. The Kier molecular flexibility index (Phi) is 3.26. The van der Waals surface area contributed by atoms with Gasteiger partial charge in [-0.3, -0.25) is 4.79 Å². The highest BCUT2D eigenvalue weighted by molar-refractivity contribution is 7.80. The molecule has 0 fully saturated rings. The molecule has 0 aliphatic carbocycles. The van der Waals surface area contributed by atoms with Crippen molar-refractivity contribution in [1.29, 1.82) is 0 Å². The maximum Gasteiger partial charge on any atom is 0.267 e. The molecule has 7 heteroatoms. The molecule has 0 saturated heterocycles. The molecule has 1 amide bonds. The predicted octanol–water partition coefficient (Wildman–Crippen LogP) is -0.104. The topological polar surface area (TPSA) is 72.1 Å². The molecule has 0 aliphatic heterocycles. The average Bonchev–Trinajstić information content (AvgIpc) is 2.53. The Hall–Kier alpha value is -1.08. The number of likely N-dealkylation sites (N-methyl/N-ethyl adjacent to an activating group) is 1. The van der Waals surface area contributed by atoms with Gasteiger partial charge in [-0.1, -0.05) is 16.7 Å². The van der Waals surface area contributed by atoms with Crippen molar-refractivity contribution in [3.8, 4) is 0 Å². The monoisotopic (exact) mass is 216 g/mol. The largest absolute Gasteiger partial charge is 0.392 e. The lowest BCUT2D eigenvalue weighted by molar-refractivity contribution is 0.0819. The summed E-state index contributed by atoms with van der Waals surface area (Å²) in [7, 11) is 1.63. The number of thiocarbonyl (C=S) groups is 1. The van der Waals surface area contributed by atoms with E-state index in [1.165, 1.54) is 11.1 Å². The van der Waals surface area contributed by atoms with E-state index >= 15 is 0 Å². The van der Waals surface area contributed by atoms with E-state index in [0.717, 1.165) is 11.5 Å². The second-order valence-electron chi connectivity index (χ2n) is 2.41. The third kappa shape index (κ3) is 2.71. The van der Waals surface area contributed by atoms with Crippen LogP contribution in [0, 0.1) is 0 Å². The van der Waals surface area contributed by atoms with Gasteiger partial charge in [0.05, 0.1) is 17.7 Å². The molecule has 2 N–H and O–H groups in total. The Morgan fingerprint density at radius 1 is 1.85 bits per heavy atom. The summed E-state index contributed by atoms with van der Waals surface area (Å²) in [6.07, 6.45) is 1.42. The summed E-state index contributed by atoms with van der Waals surface area (Å²) in [5.74, 6) is -0.164. The summed E-state index contributed by atoms with van der Waals surface area (Å²) < 4.78 is 3.58. The molecule has 0 atom stereocenters. The van der Waals surface area contributed by atoms with Crippen molar-refractivity contribution in [3.63, 3.8) is 0 Å². The van der Waals surface area contributed by atoms with Crippen molar-refractivity contribution >= 4 is 34.6 Å². The molecule has 13 heavy (non-hydrogen) atoms. The third-order valence-electron chi connectivity index (χ3n) is 1.31. The van der Waals surface area contributed by atoms with E-state index in [1.807, 2.05) is 0 Å². The Morgan fingerprint density at radius 3 is 3.00 bits per heavy atom. The van der Waals surface area contributed by atoms with Gasteiger partial charge >= 0.3 is 0 Å². The van der Waals surface area contributed by atoms with E-state index in [0.29, 0.717) is 4.88 Å². The summed E-state index contributed by atoms with van der Waals surface area (Å²) in [6, 6.07) is 0. The van der Waals surface area contributed by atoms with Crippen LogP contribution >= 0.6 is 23.8 Å². The van der Waals surface area contributed by atoms with Crippen molar-refractivity contribution < 1.29 is 4.79 Å². The zero-order valence-corrected chi connectivity index (χ0v) is 8.56. The highest BCUT2D eigenvalue weighted by Gasteiger charge is 2.13. The van der Waals surface area contributed by atoms with Crippen LogP contribution in [0.3, 0.4) is 0 Å². The van der Waals surface area contributed by atoms with E-state index in [-0.39, 0.29) is 17.4 Å². The Morgan fingerprint density at radius 2 is 2.54 bits per heavy atom. The van der Waals surface area contributed by atoms with Gasteiger partial charge in [0.2, 0.25) is 0 Å². The van der Waals surface area contributed by atoms with Gasteiger partial charge in [-0.05, 0) is 11.5 Å². The summed E-state index contributed by atoms with van der Waals surface area (Å²) in [6.45, 7) is 0.270. The van der Waals surface area contributed by atoms with Crippen LogP contribution in [0.2, 0.25) is 0 Å². The van der Waals surface area contributed by atoms with Crippen molar-refractivity contribution in [2.45, 2.75) is 0 Å². The van der Waals surface area contributed by atoms with E-state index in [1.54, 1.807) is 7.05 Å². The first kappa shape index (κ1) is 10.0. The summed E-state index contributed by atoms with van der Waals surface area (Å²) >= 11 is 5.73. The summed E-state index contributed by atoms with van der Waals surface area (Å²) in [4.78, 5) is 13.7. The number of hydrogen-bond acceptors (Lipinski definition) is 5. The standard InChI is InChI=1S/C6H8N4OS2/c1-10(3-5(7)12)6(11)4-2-8-9-13-4/h2H,3H2,1H3,(H2,7,12). The van der Waals surface area contributed by atoms with Gasteiger partial charge in [-0.2, -0.15) is 0 Å². The van der Waals surface area contributed by atoms with Gasteiger partial charge in [0.15, 0.2) is 0 Å². The van der Waals surface area contributed by atoms with Crippen molar-refractivity contribution in [3.05, 3.63) is 11.1 Å². The van der Waals surface area contributed by atoms with Crippen LogP contribution in [0.15, 0.2) is 6.20 Å². The zero-order valence-electron chi connectivity index (χ0n) is 6.93. The first-order chi connectivity index (χ1) is 6.11. The van der Waals surface area contributed by atoms with Gasteiger partial charge in [0.25, 0.3) is 5.91 Å².